The molecule has 0 N–H and O–H groups in total. The highest BCUT2D eigenvalue weighted by atomic mass is 35.5. The lowest BCUT2D eigenvalue weighted by molar-refractivity contribution is 0.288. The predicted molar refractivity (Wildman–Crippen MR) is 109 cm³/mol. The fourth-order valence-corrected chi connectivity index (χ4v) is 3.84. The fraction of sp³-hybridized carbons (Fsp3) is 0.227. The largest absolute Gasteiger partial charge is 0.472 e. The minimum Gasteiger partial charge on any atom is -0.472 e. The molecule has 0 saturated heterocycles. The summed E-state index contributed by atoms with van der Waals surface area (Å²) in [7, 11) is 0. The van der Waals surface area contributed by atoms with Crippen LogP contribution < -0.4 is 4.74 Å². The molecule has 5 nitrogen and oxygen atoms in total. The number of pyridine rings is 2. The van der Waals surface area contributed by atoms with E-state index in [-0.39, 0.29) is 0 Å². The first-order chi connectivity index (χ1) is 13.8. The van der Waals surface area contributed by atoms with Crippen LogP contribution in [0.1, 0.15) is 29.7 Å². The van der Waals surface area contributed by atoms with Crippen molar-refractivity contribution in [2.45, 2.75) is 32.3 Å². The van der Waals surface area contributed by atoms with Gasteiger partial charge in [0.25, 0.3) is 0 Å². The van der Waals surface area contributed by atoms with E-state index < -0.39 is 0 Å². The Morgan fingerprint density at radius 1 is 1.00 bits per heavy atom. The number of aryl methyl sites for hydroxylation is 2. The van der Waals surface area contributed by atoms with Crippen molar-refractivity contribution in [2.75, 3.05) is 0 Å². The number of aromatic nitrogens is 4. The van der Waals surface area contributed by atoms with Crippen LogP contribution in [0.4, 0.5) is 0 Å². The minimum absolute atomic E-state index is 0.438. The molecule has 3 aromatic heterocycles. The van der Waals surface area contributed by atoms with Gasteiger partial charge in [-0.15, -0.1) is 0 Å². The molecule has 0 fully saturated rings. The summed E-state index contributed by atoms with van der Waals surface area (Å²) in [5.41, 5.74) is 5.38. The van der Waals surface area contributed by atoms with Gasteiger partial charge < -0.3 is 4.74 Å². The zero-order chi connectivity index (χ0) is 18.9. The number of fused-ring (bicyclic) bond motifs is 3. The quantitative estimate of drug-likeness (QED) is 0.496. The molecule has 0 saturated carbocycles. The molecule has 5 rings (SSSR count). The van der Waals surface area contributed by atoms with E-state index in [1.807, 2.05) is 47.3 Å². The van der Waals surface area contributed by atoms with Crippen molar-refractivity contribution in [3.05, 3.63) is 76.8 Å². The second-order valence-electron chi connectivity index (χ2n) is 6.99. The zero-order valence-electron chi connectivity index (χ0n) is 15.3. The Morgan fingerprint density at radius 3 is 2.61 bits per heavy atom. The van der Waals surface area contributed by atoms with E-state index in [1.54, 1.807) is 12.4 Å². The second kappa shape index (κ2) is 7.24. The molecule has 0 amide bonds. The Hall–Kier alpha value is -2.92. The number of hydrogen-bond donors (Lipinski definition) is 0. The average Bonchev–Trinajstić information content (AvgIpc) is 3.12. The molecule has 0 unspecified atom stereocenters. The van der Waals surface area contributed by atoms with Gasteiger partial charge >= 0.3 is 0 Å². The van der Waals surface area contributed by atoms with E-state index in [1.165, 1.54) is 24.1 Å². The molecule has 0 spiro atoms. The number of ether oxygens (including phenoxy) is 1. The van der Waals surface area contributed by atoms with Gasteiger partial charge in [0.1, 0.15) is 12.1 Å². The molecule has 140 valence electrons. The van der Waals surface area contributed by atoms with Crippen molar-refractivity contribution < 1.29 is 4.74 Å². The Balaban J connectivity index is 1.64. The van der Waals surface area contributed by atoms with Gasteiger partial charge in [-0.1, -0.05) is 11.6 Å². The summed E-state index contributed by atoms with van der Waals surface area (Å²) < 4.78 is 8.11. The third-order valence-electron chi connectivity index (χ3n) is 5.15. The van der Waals surface area contributed by atoms with Crippen LogP contribution in [0.25, 0.3) is 16.6 Å². The van der Waals surface area contributed by atoms with Crippen molar-refractivity contribution in [1.29, 1.82) is 0 Å². The first kappa shape index (κ1) is 17.2. The SMILES string of the molecule is Clc1ccc(-n2nc3c4c(ncc3c2OCc2ccncc2)CCCC4)cc1. The lowest BCUT2D eigenvalue weighted by Crippen LogP contribution is -2.05. The van der Waals surface area contributed by atoms with Crippen LogP contribution >= 0.6 is 11.6 Å². The number of rotatable bonds is 4. The van der Waals surface area contributed by atoms with Gasteiger partial charge in [0.05, 0.1) is 11.1 Å². The van der Waals surface area contributed by atoms with E-state index in [0.29, 0.717) is 17.5 Å². The van der Waals surface area contributed by atoms with Gasteiger partial charge in [0.15, 0.2) is 0 Å². The maximum atomic E-state index is 6.25. The van der Waals surface area contributed by atoms with E-state index >= 15 is 0 Å². The zero-order valence-corrected chi connectivity index (χ0v) is 16.1. The van der Waals surface area contributed by atoms with Gasteiger partial charge in [-0.3, -0.25) is 9.97 Å². The molecule has 0 aliphatic heterocycles. The molecule has 3 heterocycles. The van der Waals surface area contributed by atoms with Crippen molar-refractivity contribution >= 4 is 22.5 Å². The van der Waals surface area contributed by atoms with E-state index in [4.69, 9.17) is 26.4 Å². The molecular formula is C22H19ClN4O. The molecule has 4 aromatic rings. The summed E-state index contributed by atoms with van der Waals surface area (Å²) >= 11 is 6.08. The molecule has 0 bridgehead atoms. The first-order valence-electron chi connectivity index (χ1n) is 9.47. The lowest BCUT2D eigenvalue weighted by Gasteiger charge is -2.14. The highest BCUT2D eigenvalue weighted by Crippen LogP contribution is 2.34. The van der Waals surface area contributed by atoms with Crippen LogP contribution in [-0.2, 0) is 19.4 Å². The Labute approximate surface area is 168 Å². The average molecular weight is 391 g/mol. The molecule has 1 aliphatic carbocycles. The fourth-order valence-electron chi connectivity index (χ4n) is 3.71. The van der Waals surface area contributed by atoms with Crippen molar-refractivity contribution in [3.63, 3.8) is 0 Å². The maximum absolute atomic E-state index is 6.25. The summed E-state index contributed by atoms with van der Waals surface area (Å²) in [6, 6.07) is 11.5. The highest BCUT2D eigenvalue weighted by Gasteiger charge is 2.21. The van der Waals surface area contributed by atoms with E-state index in [0.717, 1.165) is 35.0 Å². The molecule has 1 aromatic carbocycles. The monoisotopic (exact) mass is 390 g/mol. The number of hydrogen-bond acceptors (Lipinski definition) is 4. The molecular weight excluding hydrogens is 372 g/mol. The predicted octanol–water partition coefficient (Wildman–Crippen LogP) is 4.93. The van der Waals surface area contributed by atoms with Gasteiger partial charge in [-0.25, -0.2) is 0 Å². The van der Waals surface area contributed by atoms with Gasteiger partial charge in [-0.05, 0) is 67.6 Å². The van der Waals surface area contributed by atoms with E-state index in [2.05, 4.69) is 4.98 Å². The summed E-state index contributed by atoms with van der Waals surface area (Å²) in [5.74, 6) is 0.704. The van der Waals surface area contributed by atoms with Crippen LogP contribution in [0.15, 0.2) is 55.0 Å². The van der Waals surface area contributed by atoms with Crippen molar-refractivity contribution in [2.24, 2.45) is 0 Å². The molecule has 0 radical (unpaired) electrons. The summed E-state index contributed by atoms with van der Waals surface area (Å²) in [6.45, 7) is 0.438. The smallest absolute Gasteiger partial charge is 0.226 e. The van der Waals surface area contributed by atoms with E-state index in [9.17, 15) is 0 Å². The lowest BCUT2D eigenvalue weighted by atomic mass is 9.95. The Bertz CT molecular complexity index is 1120. The first-order valence-corrected chi connectivity index (χ1v) is 9.84. The van der Waals surface area contributed by atoms with Crippen LogP contribution in [0, 0.1) is 0 Å². The maximum Gasteiger partial charge on any atom is 0.226 e. The second-order valence-corrected chi connectivity index (χ2v) is 7.43. The standard InChI is InChI=1S/C22H19ClN4O/c23-16-5-7-17(8-6-16)27-22(28-14-15-9-11-24-12-10-15)19-13-25-20-4-2-1-3-18(20)21(19)26-27/h5-13H,1-4,14H2. The molecule has 28 heavy (non-hydrogen) atoms. The third-order valence-corrected chi connectivity index (χ3v) is 5.40. The number of halogens is 1. The highest BCUT2D eigenvalue weighted by molar-refractivity contribution is 6.30. The molecule has 6 heteroatoms. The summed E-state index contributed by atoms with van der Waals surface area (Å²) in [6.07, 6.45) is 9.84. The van der Waals surface area contributed by atoms with Crippen molar-refractivity contribution in [3.8, 4) is 11.6 Å². The third kappa shape index (κ3) is 3.12. The Kier molecular flexibility index (Phi) is 4.45. The van der Waals surface area contributed by atoms with Gasteiger partial charge in [0, 0.05) is 34.9 Å². The van der Waals surface area contributed by atoms with Gasteiger partial charge in [0.2, 0.25) is 5.88 Å². The minimum atomic E-state index is 0.438. The number of benzene rings is 1. The topological polar surface area (TPSA) is 52.8 Å². The number of nitrogens with zero attached hydrogens (tertiary/aromatic N) is 4. The molecule has 1 aliphatic rings. The summed E-state index contributed by atoms with van der Waals surface area (Å²) in [5, 5.41) is 6.58. The Morgan fingerprint density at radius 2 is 1.79 bits per heavy atom. The van der Waals surface area contributed by atoms with Crippen LogP contribution in [-0.4, -0.2) is 19.7 Å². The van der Waals surface area contributed by atoms with Crippen molar-refractivity contribution in [1.82, 2.24) is 19.7 Å². The summed E-state index contributed by atoms with van der Waals surface area (Å²) in [4.78, 5) is 8.79. The normalized spacial score (nSPS) is 13.5. The van der Waals surface area contributed by atoms with Crippen LogP contribution in [0.3, 0.4) is 0 Å². The molecule has 0 atom stereocenters. The van der Waals surface area contributed by atoms with Gasteiger partial charge in [-0.2, -0.15) is 9.78 Å². The van der Waals surface area contributed by atoms with Crippen LogP contribution in [0.2, 0.25) is 5.02 Å². The van der Waals surface area contributed by atoms with Crippen LogP contribution in [0.5, 0.6) is 5.88 Å².